The first-order valence-corrected chi connectivity index (χ1v) is 12.3. The van der Waals surface area contributed by atoms with Crippen molar-refractivity contribution in [3.8, 4) is 17.2 Å². The van der Waals surface area contributed by atoms with Gasteiger partial charge in [0.1, 0.15) is 18.5 Å². The number of methoxy groups -OCH3 is 1. The van der Waals surface area contributed by atoms with Crippen LogP contribution in [0.5, 0.6) is 17.2 Å². The molecule has 1 aromatic carbocycles. The van der Waals surface area contributed by atoms with Crippen molar-refractivity contribution in [3.05, 3.63) is 49.9 Å². The molecule has 7 nitrogen and oxygen atoms in total. The van der Waals surface area contributed by atoms with Crippen molar-refractivity contribution >= 4 is 17.5 Å². The number of aromatic nitrogens is 1. The van der Waals surface area contributed by atoms with E-state index in [1.54, 1.807) is 26.1 Å². The summed E-state index contributed by atoms with van der Waals surface area (Å²) in [5, 5.41) is 0.338. The highest BCUT2D eigenvalue weighted by atomic mass is 35.5. The van der Waals surface area contributed by atoms with E-state index in [4.69, 9.17) is 25.8 Å². The monoisotopic (exact) mass is 490 g/mol. The molecule has 0 fully saturated rings. The summed E-state index contributed by atoms with van der Waals surface area (Å²) in [7, 11) is 3.15. The fraction of sp³-hybridized carbons (Fsp3) is 0.538. The van der Waals surface area contributed by atoms with Crippen LogP contribution in [-0.4, -0.2) is 42.7 Å². The number of H-pyrrole nitrogens is 1. The van der Waals surface area contributed by atoms with Crippen LogP contribution in [0.2, 0.25) is 5.02 Å². The molecule has 1 amide bonds. The van der Waals surface area contributed by atoms with E-state index in [2.05, 4.69) is 11.9 Å². The van der Waals surface area contributed by atoms with Gasteiger partial charge < -0.3 is 24.1 Å². The summed E-state index contributed by atoms with van der Waals surface area (Å²) in [6.07, 6.45) is 6.76. The number of pyridine rings is 1. The molecule has 2 aromatic rings. The minimum Gasteiger partial charge on any atom is -0.496 e. The summed E-state index contributed by atoms with van der Waals surface area (Å²) in [5.41, 5.74) is 1.88. The number of nitrogens with one attached hydrogen (secondary N) is 1. The van der Waals surface area contributed by atoms with Gasteiger partial charge in [-0.1, -0.05) is 44.2 Å². The van der Waals surface area contributed by atoms with Crippen LogP contribution in [0.15, 0.2) is 16.9 Å². The van der Waals surface area contributed by atoms with Crippen molar-refractivity contribution in [2.24, 2.45) is 0 Å². The van der Waals surface area contributed by atoms with Crippen LogP contribution in [0.1, 0.15) is 72.6 Å². The first-order chi connectivity index (χ1) is 16.3. The standard InChI is InChI=1S/C26H35ClN2O5/c1-6-7-8-9-10-11-18-15-33-24-21(27)13-19(17(3)23(24)34-18)26(31)29(4)14-20-22(32-5)12-16(2)28-25(20)30/h12-13,18H,6-11,14-15H2,1-5H3,(H,28,30). The lowest BCUT2D eigenvalue weighted by atomic mass is 10.0. The first kappa shape index (κ1) is 25.9. The van der Waals surface area contributed by atoms with Crippen molar-refractivity contribution in [1.29, 1.82) is 0 Å². The van der Waals surface area contributed by atoms with Crippen LogP contribution < -0.4 is 19.8 Å². The molecule has 0 saturated heterocycles. The van der Waals surface area contributed by atoms with E-state index in [0.29, 0.717) is 51.3 Å². The molecule has 0 spiro atoms. The predicted octanol–water partition coefficient (Wildman–Crippen LogP) is 5.43. The van der Waals surface area contributed by atoms with Crippen LogP contribution >= 0.6 is 11.6 Å². The number of hydrogen-bond acceptors (Lipinski definition) is 5. The number of aromatic amines is 1. The Morgan fingerprint density at radius 2 is 1.94 bits per heavy atom. The van der Waals surface area contributed by atoms with Gasteiger partial charge in [0.05, 0.1) is 24.2 Å². The molecule has 3 rings (SSSR count). The molecule has 0 saturated carbocycles. The van der Waals surface area contributed by atoms with Gasteiger partial charge in [0.2, 0.25) is 0 Å². The van der Waals surface area contributed by atoms with Crippen LogP contribution in [0.25, 0.3) is 0 Å². The van der Waals surface area contributed by atoms with Crippen LogP contribution in [0, 0.1) is 13.8 Å². The van der Waals surface area contributed by atoms with Gasteiger partial charge in [-0.05, 0) is 38.8 Å². The highest BCUT2D eigenvalue weighted by Crippen LogP contribution is 2.43. The van der Waals surface area contributed by atoms with Gasteiger partial charge in [-0.15, -0.1) is 0 Å². The summed E-state index contributed by atoms with van der Waals surface area (Å²) in [6, 6.07) is 3.35. The molecule has 186 valence electrons. The third kappa shape index (κ3) is 5.87. The van der Waals surface area contributed by atoms with E-state index < -0.39 is 0 Å². The lowest BCUT2D eigenvalue weighted by Gasteiger charge is -2.30. The lowest BCUT2D eigenvalue weighted by molar-refractivity contribution is 0.0761. The maximum Gasteiger partial charge on any atom is 0.256 e. The fourth-order valence-corrected chi connectivity index (χ4v) is 4.48. The number of rotatable bonds is 10. The maximum absolute atomic E-state index is 13.4. The van der Waals surface area contributed by atoms with Gasteiger partial charge in [0, 0.05) is 23.9 Å². The average molecular weight is 491 g/mol. The fourth-order valence-electron chi connectivity index (χ4n) is 4.23. The van der Waals surface area contributed by atoms with Crippen molar-refractivity contribution < 1.29 is 19.0 Å². The van der Waals surface area contributed by atoms with Crippen LogP contribution in [0.4, 0.5) is 0 Å². The SMILES string of the molecule is CCCCCCCC1COc2c(Cl)cc(C(=O)N(C)Cc3c(OC)cc(C)[nH]c3=O)c(C)c2O1. The molecule has 1 aromatic heterocycles. The van der Waals surface area contributed by atoms with Gasteiger partial charge in [0.25, 0.3) is 11.5 Å². The minimum absolute atomic E-state index is 0.0673. The number of aryl methyl sites for hydroxylation is 1. The zero-order valence-electron chi connectivity index (χ0n) is 20.8. The second-order valence-electron chi connectivity index (χ2n) is 8.93. The molecule has 34 heavy (non-hydrogen) atoms. The molecule has 8 heteroatoms. The number of unbranched alkanes of at least 4 members (excludes halogenated alkanes) is 4. The Kier molecular flexibility index (Phi) is 8.89. The highest BCUT2D eigenvalue weighted by Gasteiger charge is 2.29. The number of nitrogens with zero attached hydrogens (tertiary/aromatic N) is 1. The van der Waals surface area contributed by atoms with Crippen molar-refractivity contribution in [1.82, 2.24) is 9.88 Å². The number of carbonyl (C=O) groups is 1. The molecule has 2 heterocycles. The summed E-state index contributed by atoms with van der Waals surface area (Å²) >= 11 is 6.48. The summed E-state index contributed by atoms with van der Waals surface area (Å²) in [4.78, 5) is 30.1. The Morgan fingerprint density at radius 3 is 2.65 bits per heavy atom. The molecule has 0 aliphatic carbocycles. The van der Waals surface area contributed by atoms with E-state index in [-0.39, 0.29) is 24.1 Å². The largest absolute Gasteiger partial charge is 0.496 e. The van der Waals surface area contributed by atoms with E-state index in [1.165, 1.54) is 37.7 Å². The Balaban J connectivity index is 1.78. The third-order valence-corrected chi connectivity index (χ3v) is 6.47. The molecule has 1 unspecified atom stereocenters. The molecule has 1 aliphatic rings. The Morgan fingerprint density at radius 1 is 1.21 bits per heavy atom. The number of amides is 1. The van der Waals surface area contributed by atoms with Crippen molar-refractivity contribution in [2.45, 2.75) is 71.9 Å². The number of halogens is 1. The van der Waals surface area contributed by atoms with E-state index in [0.717, 1.165) is 12.8 Å². The van der Waals surface area contributed by atoms with Crippen molar-refractivity contribution in [2.75, 3.05) is 20.8 Å². The minimum atomic E-state index is -0.282. The summed E-state index contributed by atoms with van der Waals surface area (Å²) in [6.45, 7) is 6.35. The topological polar surface area (TPSA) is 80.9 Å². The Bertz CT molecular complexity index is 1080. The van der Waals surface area contributed by atoms with Gasteiger partial charge in [0.15, 0.2) is 11.5 Å². The van der Waals surface area contributed by atoms with Crippen LogP contribution in [0.3, 0.4) is 0 Å². The van der Waals surface area contributed by atoms with Gasteiger partial charge in [-0.2, -0.15) is 0 Å². The normalized spacial score (nSPS) is 14.7. The molecular formula is C26H35ClN2O5. The number of carbonyl (C=O) groups excluding carboxylic acids is 1. The molecule has 1 atom stereocenters. The smallest absolute Gasteiger partial charge is 0.256 e. The van der Waals surface area contributed by atoms with Crippen LogP contribution in [-0.2, 0) is 6.54 Å². The second-order valence-corrected chi connectivity index (χ2v) is 9.34. The second kappa shape index (κ2) is 11.6. The average Bonchev–Trinajstić information content (AvgIpc) is 2.82. The quantitative estimate of drug-likeness (QED) is 0.449. The lowest BCUT2D eigenvalue weighted by Crippen LogP contribution is -2.32. The number of ether oxygens (including phenoxy) is 3. The van der Waals surface area contributed by atoms with Crippen molar-refractivity contribution in [3.63, 3.8) is 0 Å². The summed E-state index contributed by atoms with van der Waals surface area (Å²) < 4.78 is 17.5. The van der Waals surface area contributed by atoms with E-state index >= 15 is 0 Å². The highest BCUT2D eigenvalue weighted by molar-refractivity contribution is 6.32. The number of hydrogen-bond donors (Lipinski definition) is 1. The van der Waals surface area contributed by atoms with Gasteiger partial charge in [-0.25, -0.2) is 0 Å². The van der Waals surface area contributed by atoms with E-state index in [9.17, 15) is 9.59 Å². The maximum atomic E-state index is 13.4. The summed E-state index contributed by atoms with van der Waals surface area (Å²) in [5.74, 6) is 1.19. The number of benzene rings is 1. The molecule has 0 bridgehead atoms. The van der Waals surface area contributed by atoms with Gasteiger partial charge in [-0.3, -0.25) is 9.59 Å². The predicted molar refractivity (Wildman–Crippen MR) is 134 cm³/mol. The molecule has 1 N–H and O–H groups in total. The molecule has 1 aliphatic heterocycles. The third-order valence-electron chi connectivity index (χ3n) is 6.19. The zero-order valence-corrected chi connectivity index (χ0v) is 21.5. The first-order valence-electron chi connectivity index (χ1n) is 11.9. The number of fused-ring (bicyclic) bond motifs is 1. The van der Waals surface area contributed by atoms with E-state index in [1.807, 2.05) is 6.92 Å². The Labute approximate surface area is 206 Å². The molecule has 0 radical (unpaired) electrons. The Hall–Kier alpha value is -2.67. The van der Waals surface area contributed by atoms with Gasteiger partial charge >= 0.3 is 0 Å². The zero-order chi connectivity index (χ0) is 24.8. The molecular weight excluding hydrogens is 456 g/mol.